The quantitative estimate of drug-likeness (QED) is 0.636. The van der Waals surface area contributed by atoms with Crippen LogP contribution in [0.4, 0.5) is 0 Å². The van der Waals surface area contributed by atoms with Crippen molar-refractivity contribution in [1.29, 1.82) is 0 Å². The molecule has 0 aromatic carbocycles. The first-order valence-electron chi connectivity index (χ1n) is 8.34. The number of rotatable bonds is 10. The maximum atomic E-state index is 10.2. The van der Waals surface area contributed by atoms with Crippen molar-refractivity contribution in [3.63, 3.8) is 0 Å². The van der Waals surface area contributed by atoms with Crippen LogP contribution in [0.2, 0.25) is 0 Å². The van der Waals surface area contributed by atoms with Crippen LogP contribution in [-0.4, -0.2) is 74.3 Å². The lowest BCUT2D eigenvalue weighted by Crippen LogP contribution is -2.53. The number of methoxy groups -OCH3 is 1. The second-order valence-electron chi connectivity index (χ2n) is 6.16. The summed E-state index contributed by atoms with van der Waals surface area (Å²) in [5, 5.41) is 13.7. The molecule has 0 amide bonds. The van der Waals surface area contributed by atoms with E-state index < -0.39 is 6.10 Å². The lowest BCUT2D eigenvalue weighted by Gasteiger charge is -2.40. The van der Waals surface area contributed by atoms with Crippen LogP contribution in [0.1, 0.15) is 40.0 Å². The first-order chi connectivity index (χ1) is 10.1. The number of nitrogens with zero attached hydrogens (tertiary/aromatic N) is 1. The zero-order valence-corrected chi connectivity index (χ0v) is 14.2. The number of aliphatic hydroxyl groups is 1. The normalized spacial score (nSPS) is 24.7. The zero-order valence-electron chi connectivity index (χ0n) is 14.2. The molecule has 1 fully saturated rings. The molecule has 5 nitrogen and oxygen atoms in total. The van der Waals surface area contributed by atoms with E-state index in [1.807, 2.05) is 6.92 Å². The van der Waals surface area contributed by atoms with Crippen molar-refractivity contribution in [2.45, 2.75) is 64.3 Å². The minimum Gasteiger partial charge on any atom is -0.389 e. The fourth-order valence-corrected chi connectivity index (χ4v) is 3.15. The van der Waals surface area contributed by atoms with Crippen LogP contribution in [-0.2, 0) is 9.47 Å². The predicted molar refractivity (Wildman–Crippen MR) is 85.6 cm³/mol. The van der Waals surface area contributed by atoms with Gasteiger partial charge in [-0.3, -0.25) is 4.90 Å². The second kappa shape index (κ2) is 10.5. The van der Waals surface area contributed by atoms with Gasteiger partial charge in [0, 0.05) is 25.7 Å². The SMILES string of the molecule is CCNC(C)C1CCCCN1CC(O)COC(C)COC. The molecule has 0 aliphatic carbocycles. The molecule has 1 aliphatic heterocycles. The summed E-state index contributed by atoms with van der Waals surface area (Å²) in [6.45, 7) is 10.1. The summed E-state index contributed by atoms with van der Waals surface area (Å²) in [7, 11) is 1.66. The molecule has 4 unspecified atom stereocenters. The smallest absolute Gasteiger partial charge is 0.0900 e. The molecular weight excluding hydrogens is 268 g/mol. The number of β-amino-alcohol motifs (C(OH)–C–C–N with tert-alkyl or cyclic N) is 1. The number of ether oxygens (including phenoxy) is 2. The molecule has 21 heavy (non-hydrogen) atoms. The number of aliphatic hydroxyl groups excluding tert-OH is 1. The summed E-state index contributed by atoms with van der Waals surface area (Å²) in [6.07, 6.45) is 3.32. The molecule has 126 valence electrons. The Bertz CT molecular complexity index is 266. The van der Waals surface area contributed by atoms with Crippen LogP contribution >= 0.6 is 0 Å². The van der Waals surface area contributed by atoms with Crippen molar-refractivity contribution in [3.8, 4) is 0 Å². The van der Waals surface area contributed by atoms with Gasteiger partial charge in [-0.1, -0.05) is 13.3 Å². The van der Waals surface area contributed by atoms with Gasteiger partial charge in [-0.25, -0.2) is 0 Å². The Morgan fingerprint density at radius 3 is 2.71 bits per heavy atom. The largest absolute Gasteiger partial charge is 0.389 e. The molecule has 1 saturated heterocycles. The van der Waals surface area contributed by atoms with Crippen molar-refractivity contribution >= 4 is 0 Å². The molecular formula is C16H34N2O3. The molecule has 0 bridgehead atoms. The van der Waals surface area contributed by atoms with E-state index >= 15 is 0 Å². The zero-order chi connectivity index (χ0) is 15.7. The van der Waals surface area contributed by atoms with E-state index in [9.17, 15) is 5.11 Å². The summed E-state index contributed by atoms with van der Waals surface area (Å²) in [5.74, 6) is 0. The van der Waals surface area contributed by atoms with Gasteiger partial charge in [0.15, 0.2) is 0 Å². The Labute approximate surface area is 130 Å². The maximum absolute atomic E-state index is 10.2. The van der Waals surface area contributed by atoms with E-state index in [1.165, 1.54) is 19.3 Å². The van der Waals surface area contributed by atoms with Gasteiger partial charge in [-0.05, 0) is 39.8 Å². The predicted octanol–water partition coefficient (Wildman–Crippen LogP) is 1.25. The van der Waals surface area contributed by atoms with Crippen LogP contribution in [0.5, 0.6) is 0 Å². The summed E-state index contributed by atoms with van der Waals surface area (Å²) in [4.78, 5) is 2.42. The third kappa shape index (κ3) is 7.06. The molecule has 0 saturated carbocycles. The highest BCUT2D eigenvalue weighted by atomic mass is 16.5. The number of hydrogen-bond donors (Lipinski definition) is 2. The van der Waals surface area contributed by atoms with E-state index in [4.69, 9.17) is 9.47 Å². The average Bonchev–Trinajstić information content (AvgIpc) is 2.46. The van der Waals surface area contributed by atoms with Crippen LogP contribution in [0.15, 0.2) is 0 Å². The van der Waals surface area contributed by atoms with Gasteiger partial charge in [0.1, 0.15) is 0 Å². The summed E-state index contributed by atoms with van der Waals surface area (Å²) < 4.78 is 10.6. The molecule has 0 radical (unpaired) electrons. The van der Waals surface area contributed by atoms with Crippen LogP contribution in [0, 0.1) is 0 Å². The van der Waals surface area contributed by atoms with Gasteiger partial charge in [0.2, 0.25) is 0 Å². The lowest BCUT2D eigenvalue weighted by atomic mass is 9.96. The van der Waals surface area contributed by atoms with Gasteiger partial charge in [-0.15, -0.1) is 0 Å². The Morgan fingerprint density at radius 1 is 1.29 bits per heavy atom. The molecule has 1 rings (SSSR count). The number of likely N-dealkylation sites (N-methyl/N-ethyl adjacent to an activating group) is 1. The van der Waals surface area contributed by atoms with E-state index in [0.29, 0.717) is 31.8 Å². The number of nitrogens with one attached hydrogen (secondary N) is 1. The fourth-order valence-electron chi connectivity index (χ4n) is 3.15. The second-order valence-corrected chi connectivity index (χ2v) is 6.16. The summed E-state index contributed by atoms with van der Waals surface area (Å²) in [6, 6.07) is 0.987. The van der Waals surface area contributed by atoms with Crippen molar-refractivity contribution in [3.05, 3.63) is 0 Å². The molecule has 1 heterocycles. The lowest BCUT2D eigenvalue weighted by molar-refractivity contribution is -0.0465. The highest BCUT2D eigenvalue weighted by Gasteiger charge is 2.28. The Hall–Kier alpha value is -0.200. The minimum absolute atomic E-state index is 0.0301. The van der Waals surface area contributed by atoms with Crippen molar-refractivity contribution in [2.75, 3.05) is 40.0 Å². The first-order valence-corrected chi connectivity index (χ1v) is 8.34. The van der Waals surface area contributed by atoms with Gasteiger partial charge < -0.3 is 19.9 Å². The molecule has 0 aromatic heterocycles. The molecule has 4 atom stereocenters. The highest BCUT2D eigenvalue weighted by Crippen LogP contribution is 2.20. The minimum atomic E-state index is -0.432. The highest BCUT2D eigenvalue weighted by molar-refractivity contribution is 4.86. The van der Waals surface area contributed by atoms with Crippen molar-refractivity contribution < 1.29 is 14.6 Å². The van der Waals surface area contributed by atoms with E-state index in [1.54, 1.807) is 7.11 Å². The van der Waals surface area contributed by atoms with Gasteiger partial charge in [-0.2, -0.15) is 0 Å². The monoisotopic (exact) mass is 302 g/mol. The first kappa shape index (κ1) is 18.8. The van der Waals surface area contributed by atoms with E-state index in [2.05, 4.69) is 24.1 Å². The third-order valence-corrected chi connectivity index (χ3v) is 4.19. The average molecular weight is 302 g/mol. The fraction of sp³-hybridized carbons (Fsp3) is 1.00. The van der Waals surface area contributed by atoms with Crippen LogP contribution in [0.3, 0.4) is 0 Å². The van der Waals surface area contributed by atoms with Crippen LogP contribution in [0.25, 0.3) is 0 Å². The maximum Gasteiger partial charge on any atom is 0.0900 e. The number of likely N-dealkylation sites (tertiary alicyclic amines) is 1. The van der Waals surface area contributed by atoms with E-state index in [0.717, 1.165) is 13.1 Å². The van der Waals surface area contributed by atoms with Gasteiger partial charge in [0.05, 0.1) is 25.4 Å². The molecule has 1 aliphatic rings. The third-order valence-electron chi connectivity index (χ3n) is 4.19. The van der Waals surface area contributed by atoms with Crippen molar-refractivity contribution in [1.82, 2.24) is 10.2 Å². The van der Waals surface area contributed by atoms with E-state index in [-0.39, 0.29) is 6.10 Å². The molecule has 0 spiro atoms. The Balaban J connectivity index is 2.38. The van der Waals surface area contributed by atoms with Gasteiger partial charge in [0.25, 0.3) is 0 Å². The molecule has 2 N–H and O–H groups in total. The Morgan fingerprint density at radius 2 is 2.05 bits per heavy atom. The molecule has 0 aromatic rings. The van der Waals surface area contributed by atoms with Crippen LogP contribution < -0.4 is 5.32 Å². The van der Waals surface area contributed by atoms with Gasteiger partial charge >= 0.3 is 0 Å². The van der Waals surface area contributed by atoms with Crippen molar-refractivity contribution in [2.24, 2.45) is 0 Å². The topological polar surface area (TPSA) is 54.0 Å². The number of hydrogen-bond acceptors (Lipinski definition) is 5. The summed E-state index contributed by atoms with van der Waals surface area (Å²) >= 11 is 0. The standard InChI is InChI=1S/C16H34N2O3/c1-5-17-14(3)16-8-6-7-9-18(16)10-15(19)12-21-13(2)11-20-4/h13-17,19H,5-12H2,1-4H3. The summed E-state index contributed by atoms with van der Waals surface area (Å²) in [5.41, 5.74) is 0. The molecule has 5 heteroatoms. The number of piperidine rings is 1. The Kier molecular flexibility index (Phi) is 9.44.